The van der Waals surface area contributed by atoms with E-state index in [1.54, 1.807) is 43.5 Å². The van der Waals surface area contributed by atoms with Crippen LogP contribution in [0.3, 0.4) is 0 Å². The molecule has 2 aromatic carbocycles. The molecule has 3 aromatic rings. The van der Waals surface area contributed by atoms with E-state index in [2.05, 4.69) is 15.5 Å². The number of aliphatic hydroxyl groups is 2. The van der Waals surface area contributed by atoms with E-state index in [-0.39, 0.29) is 6.42 Å². The number of halogens is 2. The van der Waals surface area contributed by atoms with Gasteiger partial charge in [0.25, 0.3) is 0 Å². The highest BCUT2D eigenvalue weighted by Crippen LogP contribution is 2.32. The van der Waals surface area contributed by atoms with E-state index in [0.29, 0.717) is 28.1 Å². The fourth-order valence-corrected chi connectivity index (χ4v) is 3.42. The molecule has 0 spiro atoms. The minimum absolute atomic E-state index is 0.136. The molecule has 182 valence electrons. The summed E-state index contributed by atoms with van der Waals surface area (Å²) in [5.74, 6) is -1.59. The van der Waals surface area contributed by atoms with Gasteiger partial charge in [-0.25, -0.2) is 13.5 Å². The Labute approximate surface area is 200 Å². The Hall–Kier alpha value is -4.02. The van der Waals surface area contributed by atoms with Gasteiger partial charge in [-0.1, -0.05) is 48.6 Å². The van der Waals surface area contributed by atoms with Crippen molar-refractivity contribution in [2.24, 2.45) is 7.05 Å². The van der Waals surface area contributed by atoms with Crippen molar-refractivity contribution in [1.29, 1.82) is 0 Å². The van der Waals surface area contributed by atoms with Gasteiger partial charge in [-0.2, -0.15) is 0 Å². The molecule has 0 fully saturated rings. The van der Waals surface area contributed by atoms with Crippen LogP contribution in [0.2, 0.25) is 0 Å². The van der Waals surface area contributed by atoms with E-state index in [4.69, 9.17) is 5.11 Å². The van der Waals surface area contributed by atoms with Gasteiger partial charge in [0.15, 0.2) is 5.82 Å². The van der Waals surface area contributed by atoms with Crippen LogP contribution in [0.15, 0.2) is 72.8 Å². The van der Waals surface area contributed by atoms with Gasteiger partial charge < -0.3 is 15.3 Å². The zero-order valence-corrected chi connectivity index (χ0v) is 18.8. The standard InChI is InChI=1S/C25H24F2N4O4/c1-31-25(28-29-30-31)22(5-3-2-4-20(32)14-21(33)15-23(34)35)24(16-6-10-18(26)11-7-16)17-8-12-19(27)13-9-17/h2-13,20-21,32-33H,14-15H2,1H3,(H,34,35). The Balaban J connectivity index is 2.03. The normalized spacial score (nSPS) is 13.3. The highest BCUT2D eigenvalue weighted by atomic mass is 19.1. The minimum atomic E-state index is -1.18. The van der Waals surface area contributed by atoms with Gasteiger partial charge in [0.1, 0.15) is 11.6 Å². The average molecular weight is 482 g/mol. The van der Waals surface area contributed by atoms with Crippen molar-refractivity contribution in [1.82, 2.24) is 20.2 Å². The first-order valence-corrected chi connectivity index (χ1v) is 10.7. The van der Waals surface area contributed by atoms with E-state index >= 15 is 0 Å². The summed E-state index contributed by atoms with van der Waals surface area (Å²) in [7, 11) is 1.65. The number of hydrogen-bond acceptors (Lipinski definition) is 6. The van der Waals surface area contributed by atoms with Crippen molar-refractivity contribution in [3.8, 4) is 0 Å². The monoisotopic (exact) mass is 482 g/mol. The van der Waals surface area contributed by atoms with Crippen LogP contribution in [0, 0.1) is 11.6 Å². The van der Waals surface area contributed by atoms with Crippen molar-refractivity contribution >= 4 is 17.1 Å². The quantitative estimate of drug-likeness (QED) is 0.380. The van der Waals surface area contributed by atoms with Crippen LogP contribution < -0.4 is 0 Å². The smallest absolute Gasteiger partial charge is 0.305 e. The predicted molar refractivity (Wildman–Crippen MR) is 125 cm³/mol. The second-order valence-electron chi connectivity index (χ2n) is 7.73. The number of carbonyl (C=O) groups is 1. The van der Waals surface area contributed by atoms with Gasteiger partial charge in [-0.3, -0.25) is 4.79 Å². The minimum Gasteiger partial charge on any atom is -0.481 e. The van der Waals surface area contributed by atoms with Crippen LogP contribution in [0.5, 0.6) is 0 Å². The number of carboxylic acids is 1. The van der Waals surface area contributed by atoms with E-state index in [1.165, 1.54) is 41.1 Å². The number of rotatable bonds is 10. The van der Waals surface area contributed by atoms with Crippen molar-refractivity contribution in [3.05, 3.63) is 101 Å². The van der Waals surface area contributed by atoms with E-state index < -0.39 is 36.2 Å². The van der Waals surface area contributed by atoms with E-state index in [1.807, 2.05) is 0 Å². The highest BCUT2D eigenvalue weighted by molar-refractivity contribution is 6.00. The summed E-state index contributed by atoms with van der Waals surface area (Å²) in [5.41, 5.74) is 2.44. The molecule has 0 radical (unpaired) electrons. The summed E-state index contributed by atoms with van der Waals surface area (Å²) >= 11 is 0. The molecular weight excluding hydrogens is 458 g/mol. The Kier molecular flexibility index (Phi) is 8.71. The number of aliphatic hydroxyl groups excluding tert-OH is 2. The molecule has 8 nitrogen and oxygen atoms in total. The van der Waals surface area contributed by atoms with Gasteiger partial charge in [0.05, 0.1) is 18.6 Å². The fourth-order valence-electron chi connectivity index (χ4n) is 3.42. The summed E-state index contributed by atoms with van der Waals surface area (Å²) in [4.78, 5) is 10.7. The molecular formula is C25H24F2N4O4. The third kappa shape index (κ3) is 7.23. The lowest BCUT2D eigenvalue weighted by molar-refractivity contribution is -0.139. The number of nitrogens with zero attached hydrogens (tertiary/aromatic N) is 4. The zero-order valence-electron chi connectivity index (χ0n) is 18.8. The Morgan fingerprint density at radius 1 is 1.00 bits per heavy atom. The third-order valence-electron chi connectivity index (χ3n) is 5.03. The summed E-state index contributed by atoms with van der Waals surface area (Å²) in [5, 5.41) is 40.1. The number of allylic oxidation sites excluding steroid dienone is 4. The number of aromatic nitrogens is 4. The zero-order chi connectivity index (χ0) is 25.4. The number of benzene rings is 2. The molecule has 0 saturated heterocycles. The summed E-state index contributed by atoms with van der Waals surface area (Å²) in [6.45, 7) is 0. The molecule has 1 heterocycles. The van der Waals surface area contributed by atoms with Gasteiger partial charge in [-0.05, 0) is 51.4 Å². The number of aliphatic carboxylic acids is 1. The van der Waals surface area contributed by atoms with Gasteiger partial charge in [0, 0.05) is 19.0 Å². The van der Waals surface area contributed by atoms with Crippen LogP contribution in [0.4, 0.5) is 8.78 Å². The second-order valence-corrected chi connectivity index (χ2v) is 7.73. The lowest BCUT2D eigenvalue weighted by atomic mass is 9.92. The van der Waals surface area contributed by atoms with Crippen molar-refractivity contribution < 1.29 is 28.9 Å². The molecule has 2 unspecified atom stereocenters. The first kappa shape index (κ1) is 25.6. The maximum Gasteiger partial charge on any atom is 0.305 e. The molecule has 0 saturated carbocycles. The maximum atomic E-state index is 13.6. The molecule has 0 amide bonds. The summed E-state index contributed by atoms with van der Waals surface area (Å²) in [6, 6.07) is 11.6. The first-order chi connectivity index (χ1) is 16.7. The molecule has 0 aliphatic heterocycles. The Morgan fingerprint density at radius 3 is 2.06 bits per heavy atom. The molecule has 0 aliphatic carbocycles. The molecule has 3 N–H and O–H groups in total. The van der Waals surface area contributed by atoms with Crippen molar-refractivity contribution in [2.45, 2.75) is 25.0 Å². The molecule has 2 atom stereocenters. The van der Waals surface area contributed by atoms with Crippen LogP contribution in [0.25, 0.3) is 11.1 Å². The molecule has 10 heteroatoms. The largest absolute Gasteiger partial charge is 0.481 e. The topological polar surface area (TPSA) is 121 Å². The van der Waals surface area contributed by atoms with Crippen LogP contribution in [-0.4, -0.2) is 53.7 Å². The van der Waals surface area contributed by atoms with E-state index in [0.717, 1.165) is 0 Å². The van der Waals surface area contributed by atoms with Gasteiger partial charge in [0.2, 0.25) is 0 Å². The first-order valence-electron chi connectivity index (χ1n) is 10.7. The number of aryl methyl sites for hydroxylation is 1. The second kappa shape index (κ2) is 11.9. The van der Waals surface area contributed by atoms with Crippen LogP contribution in [-0.2, 0) is 11.8 Å². The fraction of sp³-hybridized carbons (Fsp3) is 0.200. The van der Waals surface area contributed by atoms with Gasteiger partial charge >= 0.3 is 5.97 Å². The number of hydrogen-bond donors (Lipinski definition) is 3. The number of carboxylic acid groups (broad SMARTS) is 1. The SMILES string of the molecule is Cn1nnnc1C(C=CC=CC(O)CC(O)CC(=O)O)=C(c1ccc(F)cc1)c1ccc(F)cc1. The Bertz CT molecular complexity index is 1190. The highest BCUT2D eigenvalue weighted by Gasteiger charge is 2.17. The summed E-state index contributed by atoms with van der Waals surface area (Å²) in [6.07, 6.45) is 3.40. The van der Waals surface area contributed by atoms with Gasteiger partial charge in [-0.15, -0.1) is 5.10 Å². The average Bonchev–Trinajstić information content (AvgIpc) is 3.22. The molecule has 0 aliphatic rings. The van der Waals surface area contributed by atoms with Crippen LogP contribution in [0.1, 0.15) is 29.8 Å². The number of tetrazole rings is 1. The molecule has 35 heavy (non-hydrogen) atoms. The lowest BCUT2D eigenvalue weighted by Gasteiger charge is -2.14. The third-order valence-corrected chi connectivity index (χ3v) is 5.03. The van der Waals surface area contributed by atoms with E-state index in [9.17, 15) is 23.8 Å². The molecule has 3 rings (SSSR count). The van der Waals surface area contributed by atoms with Crippen molar-refractivity contribution in [2.75, 3.05) is 0 Å². The Morgan fingerprint density at radius 2 is 1.57 bits per heavy atom. The summed E-state index contributed by atoms with van der Waals surface area (Å²) < 4.78 is 28.7. The maximum absolute atomic E-state index is 13.6. The van der Waals surface area contributed by atoms with Crippen molar-refractivity contribution in [3.63, 3.8) is 0 Å². The van der Waals surface area contributed by atoms with Crippen LogP contribution >= 0.6 is 0 Å². The molecule has 1 aromatic heterocycles. The molecule has 0 bridgehead atoms. The predicted octanol–water partition coefficient (Wildman–Crippen LogP) is 3.15. The lowest BCUT2D eigenvalue weighted by Crippen LogP contribution is -2.19.